The summed E-state index contributed by atoms with van der Waals surface area (Å²) in [5.41, 5.74) is 2.50. The number of ether oxygens (including phenoxy) is 1. The summed E-state index contributed by atoms with van der Waals surface area (Å²) in [6.45, 7) is 6.60. The number of anilines is 1. The Kier molecular flexibility index (Phi) is 6.96. The van der Waals surface area contributed by atoms with Crippen molar-refractivity contribution in [1.29, 1.82) is 0 Å². The number of nitrogens with zero attached hydrogens (tertiary/aromatic N) is 1. The Morgan fingerprint density at radius 1 is 0.974 bits per heavy atom. The van der Waals surface area contributed by atoms with Crippen molar-refractivity contribution in [3.8, 4) is 5.75 Å². The molecule has 0 aromatic heterocycles. The van der Waals surface area contributed by atoms with Crippen molar-refractivity contribution in [2.45, 2.75) is 26.8 Å². The van der Waals surface area contributed by atoms with Crippen LogP contribution < -0.4 is 9.64 Å². The first-order valence-electron chi connectivity index (χ1n) is 12.5. The summed E-state index contributed by atoms with van der Waals surface area (Å²) in [6, 6.07) is 24.8. The minimum absolute atomic E-state index is 0.0292. The number of Topliss-reactive ketones (excluding diaryl/α,β-unsaturated/α-hetero) is 1. The molecule has 1 atom stereocenters. The summed E-state index contributed by atoms with van der Waals surface area (Å²) in [5, 5.41) is 13.9. The molecule has 5 nitrogen and oxygen atoms in total. The fourth-order valence-corrected chi connectivity index (χ4v) is 5.06. The van der Waals surface area contributed by atoms with E-state index in [9.17, 15) is 14.7 Å². The van der Waals surface area contributed by atoms with E-state index in [2.05, 4.69) is 13.8 Å². The van der Waals surface area contributed by atoms with E-state index in [1.54, 1.807) is 42.5 Å². The number of aliphatic hydroxyl groups is 1. The number of hydrogen-bond acceptors (Lipinski definition) is 4. The predicted molar refractivity (Wildman–Crippen MR) is 152 cm³/mol. The molecule has 0 aliphatic carbocycles. The number of aryl methyl sites for hydroxylation is 1. The number of rotatable bonds is 6. The number of ketones is 1. The van der Waals surface area contributed by atoms with Gasteiger partial charge in [-0.05, 0) is 71.1 Å². The van der Waals surface area contributed by atoms with E-state index >= 15 is 0 Å². The van der Waals surface area contributed by atoms with Crippen LogP contribution in [-0.4, -0.2) is 23.4 Å². The first-order valence-corrected chi connectivity index (χ1v) is 12.9. The van der Waals surface area contributed by atoms with Gasteiger partial charge in [0.05, 0.1) is 18.2 Å². The maximum absolute atomic E-state index is 13.6. The highest BCUT2D eigenvalue weighted by Gasteiger charge is 2.47. The van der Waals surface area contributed by atoms with E-state index in [1.165, 1.54) is 4.90 Å². The van der Waals surface area contributed by atoms with Crippen molar-refractivity contribution in [3.05, 3.63) is 112 Å². The third-order valence-electron chi connectivity index (χ3n) is 6.67. The van der Waals surface area contributed by atoms with Gasteiger partial charge in [-0.3, -0.25) is 14.5 Å². The lowest BCUT2D eigenvalue weighted by Crippen LogP contribution is -2.29. The molecule has 1 amide bonds. The summed E-state index contributed by atoms with van der Waals surface area (Å²) in [5.74, 6) is -0.631. The second-order valence-electron chi connectivity index (χ2n) is 9.90. The second kappa shape index (κ2) is 10.3. The number of carbonyl (C=O) groups excluding carboxylic acids is 2. The van der Waals surface area contributed by atoms with Crippen LogP contribution in [0.3, 0.4) is 0 Å². The highest BCUT2D eigenvalue weighted by Crippen LogP contribution is 2.44. The fourth-order valence-electron chi connectivity index (χ4n) is 4.88. The zero-order chi connectivity index (χ0) is 27.0. The summed E-state index contributed by atoms with van der Waals surface area (Å²) >= 11 is 6.27. The summed E-state index contributed by atoms with van der Waals surface area (Å²) < 4.78 is 5.88. The molecule has 1 N–H and O–H groups in total. The number of carbonyl (C=O) groups is 2. The van der Waals surface area contributed by atoms with Crippen molar-refractivity contribution in [1.82, 2.24) is 0 Å². The molecule has 4 aromatic rings. The Morgan fingerprint density at radius 3 is 2.45 bits per heavy atom. The Hall–Kier alpha value is -4.09. The highest BCUT2D eigenvalue weighted by molar-refractivity contribution is 6.52. The zero-order valence-corrected chi connectivity index (χ0v) is 22.2. The SMILES string of the molecule is Cc1cc(/C(O)=C2/C(=O)C(=O)N(c3cccc(Cl)c3)C2c2cccc3ccccc23)ccc1OCC(C)C. The molecule has 1 saturated heterocycles. The molecule has 1 aliphatic rings. The van der Waals surface area contributed by atoms with Gasteiger partial charge in [0.25, 0.3) is 11.7 Å². The van der Waals surface area contributed by atoms with Crippen LogP contribution >= 0.6 is 11.6 Å². The van der Waals surface area contributed by atoms with Gasteiger partial charge in [-0.1, -0.05) is 74.0 Å². The van der Waals surface area contributed by atoms with Gasteiger partial charge in [0.15, 0.2) is 0 Å². The molecule has 4 aromatic carbocycles. The monoisotopic (exact) mass is 525 g/mol. The van der Waals surface area contributed by atoms with Gasteiger partial charge in [0.2, 0.25) is 0 Å². The lowest BCUT2D eigenvalue weighted by Gasteiger charge is -2.26. The minimum atomic E-state index is -0.850. The molecule has 5 rings (SSSR count). The smallest absolute Gasteiger partial charge is 0.300 e. The molecule has 6 heteroatoms. The van der Waals surface area contributed by atoms with Crippen LogP contribution in [0, 0.1) is 12.8 Å². The number of fused-ring (bicyclic) bond motifs is 1. The Labute approximate surface area is 226 Å². The molecule has 1 fully saturated rings. The fraction of sp³-hybridized carbons (Fsp3) is 0.188. The molecular weight excluding hydrogens is 498 g/mol. The molecular formula is C32H28ClNO4. The van der Waals surface area contributed by atoms with Crippen molar-refractivity contribution in [3.63, 3.8) is 0 Å². The van der Waals surface area contributed by atoms with Gasteiger partial charge in [-0.25, -0.2) is 0 Å². The number of benzene rings is 4. The zero-order valence-electron chi connectivity index (χ0n) is 21.4. The lowest BCUT2D eigenvalue weighted by atomic mass is 9.91. The number of halogens is 1. The maximum Gasteiger partial charge on any atom is 0.300 e. The van der Waals surface area contributed by atoms with Gasteiger partial charge in [-0.2, -0.15) is 0 Å². The normalized spacial score (nSPS) is 17.0. The van der Waals surface area contributed by atoms with E-state index in [0.717, 1.165) is 21.9 Å². The Morgan fingerprint density at radius 2 is 1.71 bits per heavy atom. The topological polar surface area (TPSA) is 66.8 Å². The molecule has 38 heavy (non-hydrogen) atoms. The van der Waals surface area contributed by atoms with Crippen LogP contribution in [0.25, 0.3) is 16.5 Å². The molecule has 0 spiro atoms. The van der Waals surface area contributed by atoms with Gasteiger partial charge in [0.1, 0.15) is 11.5 Å². The summed E-state index contributed by atoms with van der Waals surface area (Å²) in [6.07, 6.45) is 0. The summed E-state index contributed by atoms with van der Waals surface area (Å²) in [4.78, 5) is 28.5. The summed E-state index contributed by atoms with van der Waals surface area (Å²) in [7, 11) is 0. The third-order valence-corrected chi connectivity index (χ3v) is 6.90. The molecule has 1 aliphatic heterocycles. The van der Waals surface area contributed by atoms with Crippen molar-refractivity contribution >= 4 is 45.5 Å². The minimum Gasteiger partial charge on any atom is -0.507 e. The molecule has 0 radical (unpaired) electrons. The molecule has 192 valence electrons. The van der Waals surface area contributed by atoms with E-state index in [1.807, 2.05) is 49.4 Å². The van der Waals surface area contributed by atoms with Gasteiger partial charge in [-0.15, -0.1) is 0 Å². The van der Waals surface area contributed by atoms with E-state index in [-0.39, 0.29) is 11.3 Å². The van der Waals surface area contributed by atoms with E-state index < -0.39 is 17.7 Å². The van der Waals surface area contributed by atoms with Crippen LogP contribution in [0.2, 0.25) is 5.02 Å². The number of aliphatic hydroxyl groups excluding tert-OH is 1. The second-order valence-corrected chi connectivity index (χ2v) is 10.3. The Balaban J connectivity index is 1.71. The van der Waals surface area contributed by atoms with Crippen molar-refractivity contribution in [2.75, 3.05) is 11.5 Å². The molecule has 0 saturated carbocycles. The number of amides is 1. The van der Waals surface area contributed by atoms with Crippen molar-refractivity contribution in [2.24, 2.45) is 5.92 Å². The first kappa shape index (κ1) is 25.6. The van der Waals surface area contributed by atoms with Crippen molar-refractivity contribution < 1.29 is 19.4 Å². The lowest BCUT2D eigenvalue weighted by molar-refractivity contribution is -0.132. The first-order chi connectivity index (χ1) is 18.3. The van der Waals surface area contributed by atoms with Crippen LogP contribution in [0.5, 0.6) is 5.75 Å². The average molecular weight is 526 g/mol. The predicted octanol–water partition coefficient (Wildman–Crippen LogP) is 7.46. The largest absolute Gasteiger partial charge is 0.507 e. The van der Waals surface area contributed by atoms with Gasteiger partial charge in [0, 0.05) is 16.3 Å². The Bertz CT molecular complexity index is 1580. The quantitative estimate of drug-likeness (QED) is 0.161. The highest BCUT2D eigenvalue weighted by atomic mass is 35.5. The average Bonchev–Trinajstić information content (AvgIpc) is 3.17. The number of hydrogen-bond donors (Lipinski definition) is 1. The van der Waals surface area contributed by atoms with Gasteiger partial charge >= 0.3 is 0 Å². The van der Waals surface area contributed by atoms with Crippen LogP contribution in [0.15, 0.2) is 90.5 Å². The standard InChI is InChI=1S/C32H28ClNO4/c1-19(2)18-38-27-15-14-22(16-20(27)3)30(35)28-29(26-13-6-9-21-8-4-5-12-25(21)26)34(32(37)31(28)36)24-11-7-10-23(33)17-24/h4-17,19,29,35H,18H2,1-3H3/b30-28-. The molecule has 1 heterocycles. The maximum atomic E-state index is 13.6. The molecule has 1 unspecified atom stereocenters. The third kappa shape index (κ3) is 4.66. The molecule has 0 bridgehead atoms. The van der Waals surface area contributed by atoms with E-state index in [0.29, 0.717) is 34.5 Å². The van der Waals surface area contributed by atoms with Crippen LogP contribution in [-0.2, 0) is 9.59 Å². The van der Waals surface area contributed by atoms with Crippen LogP contribution in [0.1, 0.15) is 36.6 Å². The van der Waals surface area contributed by atoms with Gasteiger partial charge < -0.3 is 9.84 Å². The van der Waals surface area contributed by atoms with E-state index in [4.69, 9.17) is 16.3 Å². The van der Waals surface area contributed by atoms with Crippen LogP contribution in [0.4, 0.5) is 5.69 Å².